The molecule has 0 aliphatic carbocycles. The van der Waals surface area contributed by atoms with Gasteiger partial charge in [0, 0.05) is 30.5 Å². The van der Waals surface area contributed by atoms with Gasteiger partial charge in [0.1, 0.15) is 36.3 Å². The molecule has 5 unspecified atom stereocenters. The van der Waals surface area contributed by atoms with Gasteiger partial charge in [0.15, 0.2) is 0 Å². The molecule has 0 amide bonds. The first-order chi connectivity index (χ1) is 16.4. The SMILES string of the molecule is COC1(c2ccc(Cl)c(Cc3ccc(OC4CCOCC4)cc3)c2)OC(CO)C(O)C(O)C1O. The van der Waals surface area contributed by atoms with E-state index < -0.39 is 36.8 Å². The van der Waals surface area contributed by atoms with Gasteiger partial charge in [-0.25, -0.2) is 0 Å². The Labute approximate surface area is 203 Å². The summed E-state index contributed by atoms with van der Waals surface area (Å²) < 4.78 is 22.7. The van der Waals surface area contributed by atoms with Gasteiger partial charge in [0.2, 0.25) is 5.79 Å². The maximum absolute atomic E-state index is 10.7. The van der Waals surface area contributed by atoms with Crippen molar-refractivity contribution in [1.82, 2.24) is 0 Å². The number of aliphatic hydroxyl groups is 4. The maximum Gasteiger partial charge on any atom is 0.224 e. The summed E-state index contributed by atoms with van der Waals surface area (Å²) in [5.74, 6) is -0.984. The highest BCUT2D eigenvalue weighted by atomic mass is 35.5. The number of ether oxygens (including phenoxy) is 4. The second kappa shape index (κ2) is 10.9. The van der Waals surface area contributed by atoms with Gasteiger partial charge in [-0.3, -0.25) is 0 Å². The van der Waals surface area contributed by atoms with Gasteiger partial charge in [-0.2, -0.15) is 0 Å². The van der Waals surface area contributed by atoms with Gasteiger partial charge in [-0.05, 0) is 41.8 Å². The van der Waals surface area contributed by atoms with Crippen LogP contribution >= 0.6 is 11.6 Å². The van der Waals surface area contributed by atoms with E-state index in [0.717, 1.165) is 29.7 Å². The van der Waals surface area contributed by atoms with Crippen LogP contribution in [0.1, 0.15) is 29.5 Å². The number of halogens is 1. The predicted octanol–water partition coefficient (Wildman–Crippen LogP) is 1.76. The first-order valence-electron chi connectivity index (χ1n) is 11.4. The second-order valence-corrected chi connectivity index (χ2v) is 9.10. The fourth-order valence-electron chi connectivity index (χ4n) is 4.49. The van der Waals surface area contributed by atoms with Crippen LogP contribution in [0.25, 0.3) is 0 Å². The molecule has 4 rings (SSSR count). The zero-order valence-electron chi connectivity index (χ0n) is 19.0. The Balaban J connectivity index is 1.54. The van der Waals surface area contributed by atoms with Gasteiger partial charge in [-0.15, -0.1) is 0 Å². The molecule has 2 aromatic rings. The van der Waals surface area contributed by atoms with E-state index in [4.69, 9.17) is 30.5 Å². The Hall–Kier alpha value is -1.75. The van der Waals surface area contributed by atoms with E-state index in [1.54, 1.807) is 18.2 Å². The largest absolute Gasteiger partial charge is 0.490 e. The lowest BCUT2D eigenvalue weighted by Crippen LogP contribution is -2.64. The third kappa shape index (κ3) is 5.10. The zero-order valence-corrected chi connectivity index (χ0v) is 19.7. The van der Waals surface area contributed by atoms with E-state index in [9.17, 15) is 20.4 Å². The predicted molar refractivity (Wildman–Crippen MR) is 124 cm³/mol. The average Bonchev–Trinajstić information content (AvgIpc) is 2.86. The molecular formula is C25H31ClO8. The monoisotopic (exact) mass is 494 g/mol. The van der Waals surface area contributed by atoms with Crippen molar-refractivity contribution in [1.29, 1.82) is 0 Å². The molecule has 186 valence electrons. The third-order valence-electron chi connectivity index (χ3n) is 6.49. The minimum absolute atomic E-state index is 0.162. The highest BCUT2D eigenvalue weighted by Gasteiger charge is 2.55. The first kappa shape index (κ1) is 25.3. The molecule has 0 saturated carbocycles. The smallest absolute Gasteiger partial charge is 0.224 e. The molecule has 2 aliphatic heterocycles. The van der Waals surface area contributed by atoms with E-state index in [0.29, 0.717) is 30.2 Å². The first-order valence-corrected chi connectivity index (χ1v) is 11.8. The van der Waals surface area contributed by atoms with Crippen molar-refractivity contribution < 1.29 is 39.4 Å². The number of benzene rings is 2. The third-order valence-corrected chi connectivity index (χ3v) is 6.86. The topological polar surface area (TPSA) is 118 Å². The molecule has 0 aromatic heterocycles. The Morgan fingerprint density at radius 1 is 1.03 bits per heavy atom. The summed E-state index contributed by atoms with van der Waals surface area (Å²) in [4.78, 5) is 0. The van der Waals surface area contributed by atoms with Crippen molar-refractivity contribution in [3.63, 3.8) is 0 Å². The Morgan fingerprint density at radius 2 is 1.74 bits per heavy atom. The Bertz CT molecular complexity index is 946. The minimum Gasteiger partial charge on any atom is -0.490 e. The van der Waals surface area contributed by atoms with Crippen molar-refractivity contribution >= 4 is 11.6 Å². The van der Waals surface area contributed by atoms with Crippen molar-refractivity contribution in [2.75, 3.05) is 26.9 Å². The fraction of sp³-hybridized carbons (Fsp3) is 0.520. The van der Waals surface area contributed by atoms with Crippen LogP contribution in [0.3, 0.4) is 0 Å². The molecule has 8 nitrogen and oxygen atoms in total. The average molecular weight is 495 g/mol. The fourth-order valence-corrected chi connectivity index (χ4v) is 4.67. The molecule has 2 fully saturated rings. The molecule has 34 heavy (non-hydrogen) atoms. The summed E-state index contributed by atoms with van der Waals surface area (Å²) in [7, 11) is 1.33. The lowest BCUT2D eigenvalue weighted by Gasteiger charge is -2.47. The lowest BCUT2D eigenvalue weighted by atomic mass is 9.87. The highest BCUT2D eigenvalue weighted by Crippen LogP contribution is 2.40. The molecule has 0 bridgehead atoms. The molecule has 2 aliphatic rings. The number of methoxy groups -OCH3 is 1. The summed E-state index contributed by atoms with van der Waals surface area (Å²) in [6.45, 7) is 0.876. The van der Waals surface area contributed by atoms with E-state index in [1.807, 2.05) is 24.3 Å². The van der Waals surface area contributed by atoms with Gasteiger partial charge in [-0.1, -0.05) is 29.8 Å². The van der Waals surface area contributed by atoms with E-state index in [-0.39, 0.29) is 6.10 Å². The van der Waals surface area contributed by atoms with E-state index in [2.05, 4.69) is 0 Å². The van der Waals surface area contributed by atoms with E-state index >= 15 is 0 Å². The molecule has 2 saturated heterocycles. The highest BCUT2D eigenvalue weighted by molar-refractivity contribution is 6.31. The van der Waals surface area contributed by atoms with Crippen molar-refractivity contribution in [3.8, 4) is 5.75 Å². The standard InChI is InChI=1S/C25H31ClO8/c1-31-25(24(30)23(29)22(28)21(14-27)34-25)17-4-7-20(26)16(13-17)12-15-2-5-18(6-3-15)33-19-8-10-32-11-9-19/h2-7,13,19,21-24,27-30H,8-12,14H2,1H3. The Kier molecular flexibility index (Phi) is 8.12. The minimum atomic E-state index is -1.78. The molecular weight excluding hydrogens is 464 g/mol. The molecule has 9 heteroatoms. The lowest BCUT2D eigenvalue weighted by molar-refractivity contribution is -0.366. The van der Waals surface area contributed by atoms with Crippen LogP contribution in [0.4, 0.5) is 0 Å². The van der Waals surface area contributed by atoms with Crippen LogP contribution in [0, 0.1) is 0 Å². The van der Waals surface area contributed by atoms with Crippen molar-refractivity contribution in [3.05, 3.63) is 64.2 Å². The normalized spacial score (nSPS) is 30.3. The maximum atomic E-state index is 10.7. The zero-order chi connectivity index (χ0) is 24.3. The molecule has 0 radical (unpaired) electrons. The van der Waals surface area contributed by atoms with Crippen LogP contribution in [0.5, 0.6) is 5.75 Å². The van der Waals surface area contributed by atoms with E-state index in [1.165, 1.54) is 7.11 Å². The van der Waals surface area contributed by atoms with Crippen molar-refractivity contribution in [2.24, 2.45) is 0 Å². The van der Waals surface area contributed by atoms with Crippen LogP contribution in [0.2, 0.25) is 5.02 Å². The summed E-state index contributed by atoms with van der Waals surface area (Å²) >= 11 is 6.47. The van der Waals surface area contributed by atoms with Gasteiger partial charge in [0.05, 0.1) is 19.8 Å². The molecule has 5 atom stereocenters. The number of hydrogen-bond donors (Lipinski definition) is 4. The van der Waals surface area contributed by atoms with Crippen LogP contribution in [-0.2, 0) is 26.4 Å². The second-order valence-electron chi connectivity index (χ2n) is 8.69. The van der Waals surface area contributed by atoms with Crippen LogP contribution in [0.15, 0.2) is 42.5 Å². The summed E-state index contributed by atoms with van der Waals surface area (Å²) in [5.41, 5.74) is 2.16. The van der Waals surface area contributed by atoms with Gasteiger partial charge >= 0.3 is 0 Å². The number of rotatable bonds is 7. The molecule has 2 heterocycles. The number of hydrogen-bond acceptors (Lipinski definition) is 8. The van der Waals surface area contributed by atoms with Crippen LogP contribution in [-0.4, -0.2) is 77.9 Å². The van der Waals surface area contributed by atoms with Gasteiger partial charge in [0.25, 0.3) is 0 Å². The molecule has 4 N–H and O–H groups in total. The summed E-state index contributed by atoms with van der Waals surface area (Å²) in [6, 6.07) is 12.8. The quantitative estimate of drug-likeness (QED) is 0.460. The Morgan fingerprint density at radius 3 is 2.38 bits per heavy atom. The summed E-state index contributed by atoms with van der Waals surface area (Å²) in [6.07, 6.45) is -3.36. The number of aliphatic hydroxyl groups excluding tert-OH is 4. The summed E-state index contributed by atoms with van der Waals surface area (Å²) in [5, 5.41) is 41.3. The molecule has 0 spiro atoms. The van der Waals surface area contributed by atoms with Gasteiger partial charge < -0.3 is 39.4 Å². The van der Waals surface area contributed by atoms with Crippen LogP contribution < -0.4 is 4.74 Å². The van der Waals surface area contributed by atoms with Crippen molar-refractivity contribution in [2.45, 2.75) is 55.6 Å². The molecule has 2 aromatic carbocycles.